The molecule has 0 aromatic heterocycles. The van der Waals surface area contributed by atoms with Gasteiger partial charge in [-0.15, -0.1) is 0 Å². The number of nitrogens with one attached hydrogen (secondary N) is 1. The summed E-state index contributed by atoms with van der Waals surface area (Å²) in [7, 11) is 0. The maximum absolute atomic E-state index is 3.50. The zero-order valence-corrected chi connectivity index (χ0v) is 11.8. The van der Waals surface area contributed by atoms with Crippen molar-refractivity contribution in [1.82, 2.24) is 10.2 Å². The summed E-state index contributed by atoms with van der Waals surface area (Å²) in [5.41, 5.74) is 3.11. The van der Waals surface area contributed by atoms with Crippen LogP contribution in [0.5, 0.6) is 0 Å². The lowest BCUT2D eigenvalue weighted by Gasteiger charge is -2.30. The largest absolute Gasteiger partial charge is 0.315 e. The molecule has 1 heterocycles. The molecule has 0 bridgehead atoms. The summed E-state index contributed by atoms with van der Waals surface area (Å²) in [6, 6.07) is 9.63. The second-order valence-electron chi connectivity index (χ2n) is 5.17. The van der Waals surface area contributed by atoms with Gasteiger partial charge < -0.3 is 5.32 Å². The molecule has 2 rings (SSSR count). The highest BCUT2D eigenvalue weighted by Gasteiger charge is 2.19. The third kappa shape index (κ3) is 3.33. The summed E-state index contributed by atoms with van der Waals surface area (Å²) in [5, 5.41) is 3.50. The Bertz CT molecular complexity index is 335. The molecule has 1 aliphatic heterocycles. The molecule has 0 aliphatic carbocycles. The minimum Gasteiger partial charge on any atom is -0.315 e. The lowest BCUT2D eigenvalue weighted by Crippen LogP contribution is -2.43. The predicted molar refractivity (Wildman–Crippen MR) is 78.0 cm³/mol. The average molecular weight is 246 g/mol. The van der Waals surface area contributed by atoms with Gasteiger partial charge in [0.25, 0.3) is 0 Å². The van der Waals surface area contributed by atoms with Gasteiger partial charge in [0.05, 0.1) is 0 Å². The maximum atomic E-state index is 3.50. The Morgan fingerprint density at radius 3 is 2.22 bits per heavy atom. The molecule has 1 aliphatic rings. The van der Waals surface area contributed by atoms with Crippen LogP contribution in [-0.2, 0) is 12.8 Å². The van der Waals surface area contributed by atoms with Crippen LogP contribution >= 0.6 is 0 Å². The highest BCUT2D eigenvalue weighted by molar-refractivity contribution is 5.28. The smallest absolute Gasteiger partial charge is 0.0218 e. The van der Waals surface area contributed by atoms with E-state index in [0.717, 1.165) is 13.1 Å². The van der Waals surface area contributed by atoms with Crippen LogP contribution in [0, 0.1) is 0 Å². The summed E-state index contributed by atoms with van der Waals surface area (Å²) in [6.45, 7) is 9.11. The van der Waals surface area contributed by atoms with Crippen LogP contribution in [0.2, 0.25) is 0 Å². The van der Waals surface area contributed by atoms with E-state index in [0.29, 0.717) is 6.04 Å². The number of hydrogen-bond acceptors (Lipinski definition) is 2. The van der Waals surface area contributed by atoms with Gasteiger partial charge in [-0.1, -0.05) is 38.1 Å². The van der Waals surface area contributed by atoms with Crippen LogP contribution in [0.4, 0.5) is 0 Å². The van der Waals surface area contributed by atoms with E-state index in [-0.39, 0.29) is 0 Å². The summed E-state index contributed by atoms with van der Waals surface area (Å²) in [6.07, 6.45) is 3.65. The van der Waals surface area contributed by atoms with Crippen molar-refractivity contribution in [3.63, 3.8) is 0 Å². The van der Waals surface area contributed by atoms with E-state index in [4.69, 9.17) is 0 Å². The van der Waals surface area contributed by atoms with Crippen molar-refractivity contribution in [2.24, 2.45) is 0 Å². The Kier molecular flexibility index (Phi) is 5.21. The summed E-state index contributed by atoms with van der Waals surface area (Å²) >= 11 is 0. The van der Waals surface area contributed by atoms with Gasteiger partial charge in [-0.05, 0) is 36.9 Å². The fourth-order valence-corrected chi connectivity index (χ4v) is 2.89. The number of rotatable bonds is 5. The number of fused-ring (bicyclic) bond motifs is 1. The molecule has 0 saturated heterocycles. The molecule has 100 valence electrons. The topological polar surface area (TPSA) is 15.3 Å². The highest BCUT2D eigenvalue weighted by Crippen LogP contribution is 2.17. The molecule has 2 nitrogen and oxygen atoms in total. The first kappa shape index (κ1) is 13.6. The van der Waals surface area contributed by atoms with Crippen molar-refractivity contribution < 1.29 is 0 Å². The van der Waals surface area contributed by atoms with Crippen molar-refractivity contribution in [1.29, 1.82) is 0 Å². The van der Waals surface area contributed by atoms with Gasteiger partial charge in [0.15, 0.2) is 0 Å². The van der Waals surface area contributed by atoms with E-state index in [1.54, 1.807) is 11.1 Å². The molecule has 0 amide bonds. The molecule has 1 N–H and O–H groups in total. The molecule has 1 atom stereocenters. The number of benzene rings is 1. The van der Waals surface area contributed by atoms with Crippen molar-refractivity contribution in [2.45, 2.75) is 39.2 Å². The van der Waals surface area contributed by atoms with E-state index < -0.39 is 0 Å². The minimum atomic E-state index is 0.694. The molecule has 1 aromatic rings. The van der Waals surface area contributed by atoms with Crippen LogP contribution in [0.3, 0.4) is 0 Å². The molecule has 0 saturated carbocycles. The van der Waals surface area contributed by atoms with E-state index in [9.17, 15) is 0 Å². The van der Waals surface area contributed by atoms with Crippen molar-refractivity contribution in [3.05, 3.63) is 35.4 Å². The normalized spacial score (nSPS) is 18.1. The van der Waals surface area contributed by atoms with E-state index in [1.807, 2.05) is 0 Å². The van der Waals surface area contributed by atoms with Crippen LogP contribution < -0.4 is 5.32 Å². The average Bonchev–Trinajstić information content (AvgIpc) is 2.63. The first-order chi connectivity index (χ1) is 8.85. The molecular weight excluding hydrogens is 220 g/mol. The molecule has 0 radical (unpaired) electrons. The van der Waals surface area contributed by atoms with Crippen LogP contribution in [-0.4, -0.2) is 37.1 Å². The Hall–Kier alpha value is -0.860. The Morgan fingerprint density at radius 2 is 1.72 bits per heavy atom. The van der Waals surface area contributed by atoms with Gasteiger partial charge in [-0.3, -0.25) is 4.90 Å². The van der Waals surface area contributed by atoms with Gasteiger partial charge >= 0.3 is 0 Å². The summed E-state index contributed by atoms with van der Waals surface area (Å²) in [5.74, 6) is 0. The van der Waals surface area contributed by atoms with Gasteiger partial charge in [0.2, 0.25) is 0 Å². The fourth-order valence-electron chi connectivity index (χ4n) is 2.89. The van der Waals surface area contributed by atoms with Crippen molar-refractivity contribution >= 4 is 0 Å². The summed E-state index contributed by atoms with van der Waals surface area (Å²) < 4.78 is 0. The zero-order chi connectivity index (χ0) is 12.8. The Balaban J connectivity index is 1.97. The van der Waals surface area contributed by atoms with Crippen molar-refractivity contribution in [2.75, 3.05) is 26.2 Å². The molecule has 2 heteroatoms. The minimum absolute atomic E-state index is 0.694. The van der Waals surface area contributed by atoms with E-state index in [2.05, 4.69) is 48.3 Å². The maximum Gasteiger partial charge on any atom is 0.0218 e. The van der Waals surface area contributed by atoms with Crippen molar-refractivity contribution in [3.8, 4) is 0 Å². The number of nitrogens with zero attached hydrogens (tertiary/aromatic N) is 1. The number of likely N-dealkylation sites (N-methyl/N-ethyl adjacent to an activating group) is 1. The van der Waals surface area contributed by atoms with Crippen LogP contribution in [0.15, 0.2) is 24.3 Å². The lowest BCUT2D eigenvalue weighted by atomic mass is 10.0. The Morgan fingerprint density at radius 1 is 1.11 bits per heavy atom. The number of hydrogen-bond donors (Lipinski definition) is 1. The fraction of sp³-hybridized carbons (Fsp3) is 0.625. The van der Waals surface area contributed by atoms with E-state index >= 15 is 0 Å². The molecule has 1 unspecified atom stereocenters. The molecular formula is C16H26N2. The zero-order valence-electron chi connectivity index (χ0n) is 11.8. The second kappa shape index (κ2) is 6.91. The van der Waals surface area contributed by atoms with Gasteiger partial charge in [-0.2, -0.15) is 0 Å². The van der Waals surface area contributed by atoms with Crippen LogP contribution in [0.25, 0.3) is 0 Å². The van der Waals surface area contributed by atoms with E-state index in [1.165, 1.54) is 32.4 Å². The van der Waals surface area contributed by atoms with Gasteiger partial charge in [-0.25, -0.2) is 0 Å². The molecule has 0 fully saturated rings. The second-order valence-corrected chi connectivity index (χ2v) is 5.17. The third-order valence-electron chi connectivity index (χ3n) is 4.07. The van der Waals surface area contributed by atoms with Crippen LogP contribution in [0.1, 0.15) is 31.4 Å². The summed E-state index contributed by atoms with van der Waals surface area (Å²) in [4.78, 5) is 2.67. The van der Waals surface area contributed by atoms with Gasteiger partial charge in [0, 0.05) is 25.7 Å². The first-order valence-electron chi connectivity index (χ1n) is 7.36. The standard InChI is InChI=1S/C16H26N2/c1-3-16(13-17-4-2)18-11-9-14-7-5-6-8-15(14)10-12-18/h5-8,16-17H,3-4,9-13H2,1-2H3. The SMILES string of the molecule is CCNCC(CC)N1CCc2ccccc2CC1. The quantitative estimate of drug-likeness (QED) is 0.858. The van der Waals surface area contributed by atoms with Gasteiger partial charge in [0.1, 0.15) is 0 Å². The third-order valence-corrected chi connectivity index (χ3v) is 4.07. The Labute approximate surface area is 111 Å². The lowest BCUT2D eigenvalue weighted by molar-refractivity contribution is 0.195. The molecule has 0 spiro atoms. The molecule has 18 heavy (non-hydrogen) atoms. The first-order valence-corrected chi connectivity index (χ1v) is 7.36. The predicted octanol–water partition coefficient (Wildman–Crippen LogP) is 2.48. The monoisotopic (exact) mass is 246 g/mol. The molecule has 1 aromatic carbocycles. The highest BCUT2D eigenvalue weighted by atomic mass is 15.2.